The summed E-state index contributed by atoms with van der Waals surface area (Å²) < 4.78 is 0. The predicted molar refractivity (Wildman–Crippen MR) is 67.3 cm³/mol. The van der Waals surface area contributed by atoms with Crippen molar-refractivity contribution in [1.29, 1.82) is 0 Å². The van der Waals surface area contributed by atoms with Gasteiger partial charge in [-0.2, -0.15) is 0 Å². The molecule has 1 amide bonds. The SMILES string of the molecule is Cc1ccc(CCNC(=O)CC(C)C)cc1. The van der Waals surface area contributed by atoms with Crippen LogP contribution in [-0.4, -0.2) is 12.5 Å². The van der Waals surface area contributed by atoms with E-state index >= 15 is 0 Å². The van der Waals surface area contributed by atoms with Crippen molar-refractivity contribution in [3.63, 3.8) is 0 Å². The number of aryl methyl sites for hydroxylation is 1. The average molecular weight is 219 g/mol. The first-order valence-electron chi connectivity index (χ1n) is 5.90. The van der Waals surface area contributed by atoms with Crippen LogP contribution in [0.5, 0.6) is 0 Å². The molecule has 0 saturated carbocycles. The van der Waals surface area contributed by atoms with E-state index in [1.807, 2.05) is 0 Å². The van der Waals surface area contributed by atoms with Gasteiger partial charge in [-0.1, -0.05) is 43.7 Å². The number of carbonyl (C=O) groups excluding carboxylic acids is 1. The van der Waals surface area contributed by atoms with Crippen molar-refractivity contribution in [3.8, 4) is 0 Å². The van der Waals surface area contributed by atoms with Gasteiger partial charge in [-0.05, 0) is 24.8 Å². The third kappa shape index (κ3) is 4.96. The van der Waals surface area contributed by atoms with Crippen LogP contribution < -0.4 is 5.32 Å². The zero-order valence-electron chi connectivity index (χ0n) is 10.4. The van der Waals surface area contributed by atoms with Crippen LogP contribution in [0.25, 0.3) is 0 Å². The molecule has 1 aromatic rings. The number of amides is 1. The standard InChI is InChI=1S/C14H21NO/c1-11(2)10-14(16)15-9-8-13-6-4-12(3)5-7-13/h4-7,11H,8-10H2,1-3H3,(H,15,16). The Morgan fingerprint density at radius 1 is 1.25 bits per heavy atom. The highest BCUT2D eigenvalue weighted by atomic mass is 16.1. The number of rotatable bonds is 5. The zero-order valence-corrected chi connectivity index (χ0v) is 10.4. The first kappa shape index (κ1) is 12.8. The van der Waals surface area contributed by atoms with Gasteiger partial charge in [0.1, 0.15) is 0 Å². The molecule has 0 aromatic heterocycles. The summed E-state index contributed by atoms with van der Waals surface area (Å²) >= 11 is 0. The van der Waals surface area contributed by atoms with Crippen LogP contribution in [0.15, 0.2) is 24.3 Å². The summed E-state index contributed by atoms with van der Waals surface area (Å²) in [6.45, 7) is 6.92. The van der Waals surface area contributed by atoms with E-state index in [1.54, 1.807) is 0 Å². The minimum absolute atomic E-state index is 0.155. The topological polar surface area (TPSA) is 29.1 Å². The lowest BCUT2D eigenvalue weighted by Crippen LogP contribution is -2.26. The highest BCUT2D eigenvalue weighted by Gasteiger charge is 2.03. The van der Waals surface area contributed by atoms with Crippen molar-refractivity contribution >= 4 is 5.91 Å². The van der Waals surface area contributed by atoms with Crippen LogP contribution in [0.4, 0.5) is 0 Å². The highest BCUT2D eigenvalue weighted by Crippen LogP contribution is 2.03. The zero-order chi connectivity index (χ0) is 12.0. The normalized spacial score (nSPS) is 10.5. The summed E-state index contributed by atoms with van der Waals surface area (Å²) in [5.74, 6) is 0.585. The van der Waals surface area contributed by atoms with Crippen molar-refractivity contribution in [1.82, 2.24) is 5.32 Å². The molecule has 0 bridgehead atoms. The van der Waals surface area contributed by atoms with Gasteiger partial charge in [0.2, 0.25) is 5.91 Å². The smallest absolute Gasteiger partial charge is 0.220 e. The maximum absolute atomic E-state index is 11.4. The third-order valence-corrected chi connectivity index (χ3v) is 2.45. The lowest BCUT2D eigenvalue weighted by atomic mass is 10.1. The monoisotopic (exact) mass is 219 g/mol. The molecule has 1 N–H and O–H groups in total. The van der Waals surface area contributed by atoms with E-state index in [1.165, 1.54) is 11.1 Å². The van der Waals surface area contributed by atoms with E-state index < -0.39 is 0 Å². The Labute approximate surface area is 98.1 Å². The average Bonchev–Trinajstić information content (AvgIpc) is 2.20. The Morgan fingerprint density at radius 2 is 1.88 bits per heavy atom. The van der Waals surface area contributed by atoms with Crippen molar-refractivity contribution in [3.05, 3.63) is 35.4 Å². The molecule has 2 heteroatoms. The fourth-order valence-corrected chi connectivity index (χ4v) is 1.54. The number of hydrogen-bond donors (Lipinski definition) is 1. The number of benzene rings is 1. The summed E-state index contributed by atoms with van der Waals surface area (Å²) in [6, 6.07) is 8.43. The second kappa shape index (κ2) is 6.31. The van der Waals surface area contributed by atoms with E-state index in [-0.39, 0.29) is 5.91 Å². The van der Waals surface area contributed by atoms with Crippen LogP contribution in [-0.2, 0) is 11.2 Å². The maximum Gasteiger partial charge on any atom is 0.220 e. The summed E-state index contributed by atoms with van der Waals surface area (Å²) in [4.78, 5) is 11.4. The Balaban J connectivity index is 2.25. The van der Waals surface area contributed by atoms with Gasteiger partial charge in [0.05, 0.1) is 0 Å². The maximum atomic E-state index is 11.4. The van der Waals surface area contributed by atoms with Gasteiger partial charge in [-0.3, -0.25) is 4.79 Å². The molecule has 1 rings (SSSR count). The van der Waals surface area contributed by atoms with E-state index in [4.69, 9.17) is 0 Å². The van der Waals surface area contributed by atoms with Crippen molar-refractivity contribution in [2.75, 3.05) is 6.54 Å². The van der Waals surface area contributed by atoms with Gasteiger partial charge in [-0.25, -0.2) is 0 Å². The minimum Gasteiger partial charge on any atom is -0.356 e. The van der Waals surface area contributed by atoms with Gasteiger partial charge >= 0.3 is 0 Å². The molecule has 0 aliphatic heterocycles. The molecule has 0 aliphatic carbocycles. The number of nitrogens with one attached hydrogen (secondary N) is 1. The van der Waals surface area contributed by atoms with Crippen LogP contribution in [0.1, 0.15) is 31.4 Å². The van der Waals surface area contributed by atoms with E-state index in [9.17, 15) is 4.79 Å². The van der Waals surface area contributed by atoms with Crippen LogP contribution in [0.3, 0.4) is 0 Å². The largest absolute Gasteiger partial charge is 0.356 e. The molecule has 0 fully saturated rings. The Hall–Kier alpha value is -1.31. The van der Waals surface area contributed by atoms with Crippen molar-refractivity contribution < 1.29 is 4.79 Å². The number of hydrogen-bond acceptors (Lipinski definition) is 1. The molecule has 1 aromatic carbocycles. The molecule has 0 aliphatic rings. The molecule has 0 atom stereocenters. The van der Waals surface area contributed by atoms with Crippen LogP contribution >= 0.6 is 0 Å². The van der Waals surface area contributed by atoms with Crippen molar-refractivity contribution in [2.24, 2.45) is 5.92 Å². The molecular weight excluding hydrogens is 198 g/mol. The molecule has 16 heavy (non-hydrogen) atoms. The van der Waals surface area contributed by atoms with Gasteiger partial charge in [-0.15, -0.1) is 0 Å². The highest BCUT2D eigenvalue weighted by molar-refractivity contribution is 5.76. The first-order chi connectivity index (χ1) is 7.58. The first-order valence-corrected chi connectivity index (χ1v) is 5.90. The summed E-state index contributed by atoms with van der Waals surface area (Å²) in [5.41, 5.74) is 2.54. The molecule has 88 valence electrons. The fourth-order valence-electron chi connectivity index (χ4n) is 1.54. The van der Waals surface area contributed by atoms with E-state index in [0.29, 0.717) is 12.3 Å². The fraction of sp³-hybridized carbons (Fsp3) is 0.500. The lowest BCUT2D eigenvalue weighted by molar-refractivity contribution is -0.121. The van der Waals surface area contributed by atoms with Gasteiger partial charge < -0.3 is 5.32 Å². The molecule has 0 unspecified atom stereocenters. The Kier molecular flexibility index (Phi) is 5.03. The van der Waals surface area contributed by atoms with Crippen LogP contribution in [0.2, 0.25) is 0 Å². The second-order valence-electron chi connectivity index (χ2n) is 4.68. The van der Waals surface area contributed by atoms with E-state index in [0.717, 1.165) is 13.0 Å². The Morgan fingerprint density at radius 3 is 2.44 bits per heavy atom. The summed E-state index contributed by atoms with van der Waals surface area (Å²) in [6.07, 6.45) is 1.53. The molecule has 0 spiro atoms. The third-order valence-electron chi connectivity index (χ3n) is 2.45. The number of carbonyl (C=O) groups is 1. The minimum atomic E-state index is 0.155. The quantitative estimate of drug-likeness (QED) is 0.810. The van der Waals surface area contributed by atoms with Crippen molar-refractivity contribution in [2.45, 2.75) is 33.6 Å². The predicted octanol–water partition coefficient (Wildman–Crippen LogP) is 2.70. The molecule has 0 radical (unpaired) electrons. The summed E-state index contributed by atoms with van der Waals surface area (Å²) in [5, 5.41) is 2.94. The summed E-state index contributed by atoms with van der Waals surface area (Å²) in [7, 11) is 0. The second-order valence-corrected chi connectivity index (χ2v) is 4.68. The van der Waals surface area contributed by atoms with Gasteiger partial charge in [0.15, 0.2) is 0 Å². The van der Waals surface area contributed by atoms with Gasteiger partial charge in [0.25, 0.3) is 0 Å². The van der Waals surface area contributed by atoms with Gasteiger partial charge in [0, 0.05) is 13.0 Å². The van der Waals surface area contributed by atoms with Crippen LogP contribution in [0, 0.1) is 12.8 Å². The molecule has 0 heterocycles. The Bertz CT molecular complexity index is 327. The lowest BCUT2D eigenvalue weighted by Gasteiger charge is -2.07. The molecular formula is C14H21NO. The van der Waals surface area contributed by atoms with E-state index in [2.05, 4.69) is 50.4 Å². The molecule has 2 nitrogen and oxygen atoms in total. The molecule has 0 saturated heterocycles.